The van der Waals surface area contributed by atoms with Crippen molar-refractivity contribution in [2.24, 2.45) is 10.2 Å². The minimum atomic E-state index is -3.70. The summed E-state index contributed by atoms with van der Waals surface area (Å²) in [6.45, 7) is 2.25. The maximum absolute atomic E-state index is 11.2. The van der Waals surface area contributed by atoms with Crippen LogP contribution >= 0.6 is 11.6 Å². The van der Waals surface area contributed by atoms with Crippen molar-refractivity contribution in [1.29, 1.82) is 0 Å². The van der Waals surface area contributed by atoms with E-state index in [2.05, 4.69) is 10.5 Å². The zero-order chi connectivity index (χ0) is 16.6. The third-order valence-corrected chi connectivity index (χ3v) is 4.78. The van der Waals surface area contributed by atoms with Crippen LogP contribution in [0.15, 0.2) is 46.4 Å². The van der Waals surface area contributed by atoms with Gasteiger partial charge < -0.3 is 4.74 Å². The minimum Gasteiger partial charge on any atom is -0.486 e. The number of ether oxygens (including phenoxy) is 1. The molecular formula is C15H14ClN3O3S. The van der Waals surface area contributed by atoms with E-state index in [0.717, 1.165) is 22.6 Å². The number of rotatable bonds is 3. The van der Waals surface area contributed by atoms with Gasteiger partial charge in [0.15, 0.2) is 0 Å². The van der Waals surface area contributed by atoms with E-state index >= 15 is 0 Å². The lowest BCUT2D eigenvalue weighted by Gasteiger charge is -2.04. The number of nitrogens with one attached hydrogen (secondary N) is 1. The first kappa shape index (κ1) is 15.8. The van der Waals surface area contributed by atoms with Gasteiger partial charge in [0.25, 0.3) is 0 Å². The molecule has 23 heavy (non-hydrogen) atoms. The van der Waals surface area contributed by atoms with Gasteiger partial charge in [0.05, 0.1) is 10.6 Å². The van der Waals surface area contributed by atoms with Crippen LogP contribution in [0.3, 0.4) is 0 Å². The van der Waals surface area contributed by atoms with E-state index in [1.807, 2.05) is 19.1 Å². The number of halogens is 1. The van der Waals surface area contributed by atoms with E-state index in [1.165, 1.54) is 12.1 Å². The fraction of sp³-hybridized carbons (Fsp3) is 0.133. The predicted octanol–water partition coefficient (Wildman–Crippen LogP) is 2.50. The van der Waals surface area contributed by atoms with Gasteiger partial charge in [0.1, 0.15) is 18.1 Å². The van der Waals surface area contributed by atoms with Crippen LogP contribution in [0.2, 0.25) is 5.02 Å². The molecule has 0 saturated heterocycles. The molecule has 2 aromatic carbocycles. The molecule has 0 fully saturated rings. The molecule has 0 atom stereocenters. The summed E-state index contributed by atoms with van der Waals surface area (Å²) in [5.41, 5.74) is 6.01. The number of aryl methyl sites for hydroxylation is 1. The smallest absolute Gasteiger partial charge is 0.238 e. The normalized spacial score (nSPS) is 15.3. The summed E-state index contributed by atoms with van der Waals surface area (Å²) in [6, 6.07) is 9.70. The summed E-state index contributed by atoms with van der Waals surface area (Å²) in [5, 5.41) is 10.0. The zero-order valence-electron chi connectivity index (χ0n) is 12.2. The number of hydrogen-bond donors (Lipinski definition) is 2. The van der Waals surface area contributed by atoms with Crippen molar-refractivity contribution in [3.05, 3.63) is 52.5 Å². The van der Waals surface area contributed by atoms with Gasteiger partial charge in [-0.3, -0.25) is 5.43 Å². The molecule has 0 radical (unpaired) electrons. The summed E-state index contributed by atoms with van der Waals surface area (Å²) in [4.78, 5) is 0.0486. The Bertz CT molecular complexity index is 893. The van der Waals surface area contributed by atoms with E-state index in [-0.39, 0.29) is 4.90 Å². The van der Waals surface area contributed by atoms with Crippen LogP contribution < -0.4 is 15.3 Å². The molecule has 6 nitrogen and oxygen atoms in total. The van der Waals surface area contributed by atoms with E-state index in [0.29, 0.717) is 17.3 Å². The van der Waals surface area contributed by atoms with E-state index in [9.17, 15) is 8.42 Å². The number of anilines is 1. The Morgan fingerprint density at radius 3 is 2.61 bits per heavy atom. The van der Waals surface area contributed by atoms with Gasteiger partial charge in [0.2, 0.25) is 10.0 Å². The Hall–Kier alpha value is -2.09. The summed E-state index contributed by atoms with van der Waals surface area (Å²) < 4.78 is 28.0. The number of benzene rings is 2. The Balaban J connectivity index is 1.82. The minimum absolute atomic E-state index is 0.0486. The number of hydrazone groups is 1. The number of primary sulfonamides is 1. The molecule has 2 aromatic rings. The number of fused-ring (bicyclic) bond motifs is 1. The van der Waals surface area contributed by atoms with Crippen LogP contribution in [0, 0.1) is 6.92 Å². The highest BCUT2D eigenvalue weighted by Crippen LogP contribution is 2.31. The standard InChI is InChI=1S/C15H14ClN3O3S/c1-9-6-15-12(7-13(9)16)14(8-22-15)19-18-10-2-4-11(5-3-10)23(17,20)21/h2-7,18H,8H2,1H3,(H2,17,20,21)/b19-14+. The lowest BCUT2D eigenvalue weighted by Crippen LogP contribution is -2.12. The second-order valence-corrected chi connectivity index (χ2v) is 7.09. The van der Waals surface area contributed by atoms with Crippen molar-refractivity contribution in [3.8, 4) is 5.75 Å². The molecule has 0 unspecified atom stereocenters. The highest BCUT2D eigenvalue weighted by Gasteiger charge is 2.21. The fourth-order valence-electron chi connectivity index (χ4n) is 2.17. The summed E-state index contributed by atoms with van der Waals surface area (Å²) >= 11 is 6.14. The average Bonchev–Trinajstić information content (AvgIpc) is 2.87. The number of nitrogens with two attached hydrogens (primary N) is 1. The molecule has 0 saturated carbocycles. The number of hydrogen-bond acceptors (Lipinski definition) is 5. The van der Waals surface area contributed by atoms with Crippen molar-refractivity contribution in [1.82, 2.24) is 0 Å². The third kappa shape index (κ3) is 3.31. The highest BCUT2D eigenvalue weighted by molar-refractivity contribution is 7.89. The van der Waals surface area contributed by atoms with Crippen LogP contribution in [-0.4, -0.2) is 20.7 Å². The Kier molecular flexibility index (Phi) is 4.01. The molecule has 1 aliphatic rings. The molecule has 0 spiro atoms. The quantitative estimate of drug-likeness (QED) is 0.831. The Labute approximate surface area is 139 Å². The van der Waals surface area contributed by atoms with Crippen molar-refractivity contribution in [2.75, 3.05) is 12.0 Å². The Morgan fingerprint density at radius 1 is 1.26 bits per heavy atom. The van der Waals surface area contributed by atoms with Crippen LogP contribution in [0.4, 0.5) is 5.69 Å². The summed E-state index contributed by atoms with van der Waals surface area (Å²) in [5.74, 6) is 0.747. The second-order valence-electron chi connectivity index (χ2n) is 5.13. The molecule has 3 N–H and O–H groups in total. The van der Waals surface area contributed by atoms with Crippen molar-refractivity contribution in [3.63, 3.8) is 0 Å². The number of nitrogens with zero attached hydrogens (tertiary/aromatic N) is 1. The van der Waals surface area contributed by atoms with Gasteiger partial charge in [-0.05, 0) is 48.9 Å². The molecule has 120 valence electrons. The molecule has 0 aliphatic carbocycles. The topological polar surface area (TPSA) is 93.8 Å². The van der Waals surface area contributed by atoms with Crippen molar-refractivity contribution in [2.45, 2.75) is 11.8 Å². The summed E-state index contributed by atoms with van der Waals surface area (Å²) in [6.07, 6.45) is 0. The number of sulfonamides is 1. The van der Waals surface area contributed by atoms with Crippen LogP contribution in [-0.2, 0) is 10.0 Å². The lowest BCUT2D eigenvalue weighted by molar-refractivity contribution is 0.392. The molecule has 1 aliphatic heterocycles. The monoisotopic (exact) mass is 351 g/mol. The van der Waals surface area contributed by atoms with Gasteiger partial charge in [-0.15, -0.1) is 0 Å². The molecule has 0 bridgehead atoms. The molecule has 8 heteroatoms. The van der Waals surface area contributed by atoms with Crippen LogP contribution in [0.5, 0.6) is 5.75 Å². The molecule has 0 aromatic heterocycles. The maximum Gasteiger partial charge on any atom is 0.238 e. The van der Waals surface area contributed by atoms with Gasteiger partial charge in [-0.2, -0.15) is 5.10 Å². The lowest BCUT2D eigenvalue weighted by atomic mass is 10.1. The van der Waals surface area contributed by atoms with Crippen LogP contribution in [0.1, 0.15) is 11.1 Å². The van der Waals surface area contributed by atoms with E-state index in [1.54, 1.807) is 12.1 Å². The van der Waals surface area contributed by atoms with Crippen LogP contribution in [0.25, 0.3) is 0 Å². The molecule has 3 rings (SSSR count). The predicted molar refractivity (Wildman–Crippen MR) is 89.7 cm³/mol. The Morgan fingerprint density at radius 2 is 1.96 bits per heavy atom. The maximum atomic E-state index is 11.2. The zero-order valence-corrected chi connectivity index (χ0v) is 13.8. The molecular weight excluding hydrogens is 338 g/mol. The van der Waals surface area contributed by atoms with Gasteiger partial charge in [-0.25, -0.2) is 13.6 Å². The van der Waals surface area contributed by atoms with Gasteiger partial charge in [0, 0.05) is 10.6 Å². The summed E-state index contributed by atoms with van der Waals surface area (Å²) in [7, 11) is -3.70. The molecule has 0 amide bonds. The van der Waals surface area contributed by atoms with E-state index < -0.39 is 10.0 Å². The average molecular weight is 352 g/mol. The third-order valence-electron chi connectivity index (χ3n) is 3.44. The molecule has 1 heterocycles. The fourth-order valence-corrected chi connectivity index (χ4v) is 2.85. The van der Waals surface area contributed by atoms with Gasteiger partial charge in [-0.1, -0.05) is 11.6 Å². The van der Waals surface area contributed by atoms with Crippen molar-refractivity contribution >= 4 is 33.0 Å². The first-order valence-corrected chi connectivity index (χ1v) is 8.66. The first-order chi connectivity index (χ1) is 10.8. The van der Waals surface area contributed by atoms with Gasteiger partial charge >= 0.3 is 0 Å². The first-order valence-electron chi connectivity index (χ1n) is 6.73. The van der Waals surface area contributed by atoms with E-state index in [4.69, 9.17) is 21.5 Å². The highest BCUT2D eigenvalue weighted by atomic mass is 35.5. The van der Waals surface area contributed by atoms with Crippen molar-refractivity contribution < 1.29 is 13.2 Å². The largest absolute Gasteiger partial charge is 0.486 e. The SMILES string of the molecule is Cc1cc2c(cc1Cl)/C(=N/Nc1ccc(S(N)(=O)=O)cc1)CO2. The second kappa shape index (κ2) is 5.84.